The minimum Gasteiger partial charge on any atom is -0.382 e. The maximum Gasteiger partial charge on any atom is 0.271 e. The van der Waals surface area contributed by atoms with Crippen LogP contribution < -0.4 is 5.73 Å². The van der Waals surface area contributed by atoms with Crippen molar-refractivity contribution in [2.75, 3.05) is 18.8 Å². The number of benzene rings is 1. The zero-order valence-electron chi connectivity index (χ0n) is 16.8. The van der Waals surface area contributed by atoms with E-state index >= 15 is 0 Å². The zero-order valence-corrected chi connectivity index (χ0v) is 16.8. The van der Waals surface area contributed by atoms with Gasteiger partial charge in [-0.25, -0.2) is 4.39 Å². The molecule has 3 fully saturated rings. The lowest BCUT2D eigenvalue weighted by Gasteiger charge is -2.56. The van der Waals surface area contributed by atoms with Gasteiger partial charge in [-0.2, -0.15) is 5.10 Å². The Morgan fingerprint density at radius 3 is 2.87 bits per heavy atom. The van der Waals surface area contributed by atoms with Crippen molar-refractivity contribution >= 4 is 17.6 Å². The SMILES string of the molecule is Nc1cc(C(=O)N2C[C@H]3C[C@@H](C2)[C@H](Cc2cccc(F)c2)N2C(=O)CCC[C@@H]32)[nH]n1. The highest BCUT2D eigenvalue weighted by molar-refractivity contribution is 5.93. The van der Waals surface area contributed by atoms with Crippen molar-refractivity contribution in [2.24, 2.45) is 11.8 Å². The van der Waals surface area contributed by atoms with Crippen molar-refractivity contribution in [2.45, 2.75) is 44.2 Å². The highest BCUT2D eigenvalue weighted by Gasteiger charge is 2.50. The molecule has 2 bridgehead atoms. The van der Waals surface area contributed by atoms with E-state index in [1.807, 2.05) is 11.0 Å². The number of halogens is 1. The van der Waals surface area contributed by atoms with Gasteiger partial charge in [-0.15, -0.1) is 0 Å². The van der Waals surface area contributed by atoms with Crippen molar-refractivity contribution < 1.29 is 14.0 Å². The summed E-state index contributed by atoms with van der Waals surface area (Å²) >= 11 is 0. The number of hydrogen-bond donors (Lipinski definition) is 2. The van der Waals surface area contributed by atoms with Gasteiger partial charge in [0.05, 0.1) is 0 Å². The molecular weight excluding hydrogens is 385 g/mol. The summed E-state index contributed by atoms with van der Waals surface area (Å²) in [6, 6.07) is 8.30. The first kappa shape index (κ1) is 19.1. The average Bonchev–Trinajstić information content (AvgIpc) is 3.17. The van der Waals surface area contributed by atoms with Gasteiger partial charge in [0.15, 0.2) is 0 Å². The predicted molar refractivity (Wildman–Crippen MR) is 109 cm³/mol. The molecule has 2 amide bonds. The highest BCUT2D eigenvalue weighted by Crippen LogP contribution is 2.42. The summed E-state index contributed by atoms with van der Waals surface area (Å²) in [6.45, 7) is 1.21. The number of nitrogens with one attached hydrogen (secondary N) is 1. The van der Waals surface area contributed by atoms with Crippen LogP contribution in [-0.2, 0) is 11.2 Å². The Morgan fingerprint density at radius 1 is 1.27 bits per heavy atom. The third-order valence-electron chi connectivity index (χ3n) is 6.95. The number of carbonyl (C=O) groups excluding carboxylic acids is 2. The molecule has 0 aliphatic carbocycles. The number of likely N-dealkylation sites (tertiary alicyclic amines) is 1. The standard InChI is InChI=1S/C22H26FN5O2/c23-16-4-1-3-13(7-16)8-19-15-9-14(18-5-2-6-21(29)28(18)19)11-27(12-15)22(30)17-10-20(24)26-25-17/h1,3-4,7,10,14-15,18-19H,2,5-6,8-9,11-12H2,(H3,24,25,26)/t14-,15+,18+,19+/m1/s1. The van der Waals surface area contributed by atoms with Crippen LogP contribution in [0.3, 0.4) is 0 Å². The number of hydrogen-bond acceptors (Lipinski definition) is 4. The number of nitrogens with zero attached hydrogens (tertiary/aromatic N) is 3. The van der Waals surface area contributed by atoms with Crippen LogP contribution in [-0.4, -0.2) is 57.0 Å². The molecule has 4 atom stereocenters. The maximum absolute atomic E-state index is 13.8. The fraction of sp³-hybridized carbons (Fsp3) is 0.500. The first-order valence-corrected chi connectivity index (χ1v) is 10.7. The smallest absolute Gasteiger partial charge is 0.271 e. The number of amides is 2. The number of nitrogens with two attached hydrogens (primary N) is 1. The Morgan fingerprint density at radius 2 is 2.10 bits per heavy atom. The van der Waals surface area contributed by atoms with E-state index in [1.54, 1.807) is 18.2 Å². The second-order valence-corrected chi connectivity index (χ2v) is 8.83. The van der Waals surface area contributed by atoms with Gasteiger partial charge < -0.3 is 15.5 Å². The minimum atomic E-state index is -0.264. The number of H-pyrrole nitrogens is 1. The van der Waals surface area contributed by atoms with E-state index in [-0.39, 0.29) is 41.6 Å². The van der Waals surface area contributed by atoms with Gasteiger partial charge >= 0.3 is 0 Å². The first-order chi connectivity index (χ1) is 14.5. The molecule has 0 saturated carbocycles. The number of carbonyl (C=O) groups is 2. The summed E-state index contributed by atoms with van der Waals surface area (Å²) in [6.07, 6.45) is 4.02. The number of piperidine rings is 3. The minimum absolute atomic E-state index is 0.0247. The number of nitrogen functional groups attached to an aromatic ring is 1. The highest BCUT2D eigenvalue weighted by atomic mass is 19.1. The molecule has 1 aromatic carbocycles. The zero-order chi connectivity index (χ0) is 20.8. The van der Waals surface area contributed by atoms with E-state index in [9.17, 15) is 14.0 Å². The van der Waals surface area contributed by atoms with Crippen molar-refractivity contribution in [1.29, 1.82) is 0 Å². The summed E-state index contributed by atoms with van der Waals surface area (Å²) in [5.74, 6) is 0.552. The van der Waals surface area contributed by atoms with Crippen LogP contribution in [0.2, 0.25) is 0 Å². The van der Waals surface area contributed by atoms with Crippen LogP contribution in [0.25, 0.3) is 0 Å². The fourth-order valence-electron chi connectivity index (χ4n) is 5.73. The molecule has 2 aromatic rings. The Balaban J connectivity index is 1.44. The number of fused-ring (bicyclic) bond motifs is 4. The Kier molecular flexibility index (Phi) is 4.72. The third kappa shape index (κ3) is 3.34. The lowest BCUT2D eigenvalue weighted by molar-refractivity contribution is -0.151. The van der Waals surface area contributed by atoms with Gasteiger partial charge in [0.25, 0.3) is 5.91 Å². The van der Waals surface area contributed by atoms with Gasteiger partial charge in [-0.3, -0.25) is 14.7 Å². The van der Waals surface area contributed by atoms with E-state index in [2.05, 4.69) is 15.1 Å². The largest absolute Gasteiger partial charge is 0.382 e. The lowest BCUT2D eigenvalue weighted by Crippen LogP contribution is -2.66. The second-order valence-electron chi connectivity index (χ2n) is 8.83. The molecule has 5 rings (SSSR count). The van der Waals surface area contributed by atoms with Gasteiger partial charge in [0.2, 0.25) is 5.91 Å². The average molecular weight is 411 g/mol. The molecule has 7 nitrogen and oxygen atoms in total. The quantitative estimate of drug-likeness (QED) is 0.810. The van der Waals surface area contributed by atoms with Gasteiger partial charge in [0, 0.05) is 37.7 Å². The van der Waals surface area contributed by atoms with Crippen LogP contribution >= 0.6 is 0 Å². The molecule has 30 heavy (non-hydrogen) atoms. The summed E-state index contributed by atoms with van der Waals surface area (Å²) in [4.78, 5) is 29.9. The molecule has 158 valence electrons. The van der Waals surface area contributed by atoms with Crippen LogP contribution in [0.15, 0.2) is 30.3 Å². The number of aromatic amines is 1. The summed E-state index contributed by atoms with van der Waals surface area (Å²) in [7, 11) is 0. The van der Waals surface area contributed by atoms with Gasteiger partial charge in [-0.05, 0) is 55.2 Å². The molecule has 0 radical (unpaired) electrons. The van der Waals surface area contributed by atoms with Crippen molar-refractivity contribution in [1.82, 2.24) is 20.0 Å². The fourth-order valence-corrected chi connectivity index (χ4v) is 5.73. The number of rotatable bonds is 3. The molecule has 3 aliphatic rings. The predicted octanol–water partition coefficient (Wildman–Crippen LogP) is 2.22. The number of anilines is 1. The van der Waals surface area contributed by atoms with Crippen LogP contribution in [0.1, 0.15) is 41.7 Å². The Hall–Kier alpha value is -2.90. The molecule has 3 N–H and O–H groups in total. The second kappa shape index (κ2) is 7.41. The van der Waals surface area contributed by atoms with Crippen molar-refractivity contribution in [3.05, 3.63) is 47.4 Å². The van der Waals surface area contributed by atoms with Crippen molar-refractivity contribution in [3.8, 4) is 0 Å². The van der Waals surface area contributed by atoms with E-state index in [4.69, 9.17) is 5.73 Å². The lowest BCUT2D eigenvalue weighted by atomic mass is 9.70. The molecule has 3 aliphatic heterocycles. The number of aromatic nitrogens is 2. The molecule has 1 aromatic heterocycles. The first-order valence-electron chi connectivity index (χ1n) is 10.7. The van der Waals surface area contributed by atoms with Gasteiger partial charge in [0.1, 0.15) is 17.3 Å². The summed E-state index contributed by atoms with van der Waals surface area (Å²) in [5, 5.41) is 6.59. The molecular formula is C22H26FN5O2. The molecule has 0 unspecified atom stereocenters. The molecule has 8 heteroatoms. The maximum atomic E-state index is 13.8. The Labute approximate surface area is 174 Å². The monoisotopic (exact) mass is 411 g/mol. The van der Waals surface area contributed by atoms with Gasteiger partial charge in [-0.1, -0.05) is 12.1 Å². The topological polar surface area (TPSA) is 95.3 Å². The Bertz CT molecular complexity index is 976. The molecule has 4 heterocycles. The van der Waals surface area contributed by atoms with E-state index in [0.717, 1.165) is 24.8 Å². The third-order valence-corrected chi connectivity index (χ3v) is 6.95. The summed E-state index contributed by atoms with van der Waals surface area (Å²) < 4.78 is 13.8. The van der Waals surface area contributed by atoms with Crippen LogP contribution in [0.4, 0.5) is 10.2 Å². The molecule has 3 saturated heterocycles. The van der Waals surface area contributed by atoms with Crippen LogP contribution in [0, 0.1) is 17.7 Å². The molecule has 0 spiro atoms. The normalized spacial score (nSPS) is 28.4. The van der Waals surface area contributed by atoms with E-state index < -0.39 is 0 Å². The van der Waals surface area contributed by atoms with E-state index in [1.165, 1.54) is 6.07 Å². The summed E-state index contributed by atoms with van der Waals surface area (Å²) in [5.41, 5.74) is 6.96. The van der Waals surface area contributed by atoms with E-state index in [0.29, 0.717) is 37.4 Å². The van der Waals surface area contributed by atoms with Crippen molar-refractivity contribution in [3.63, 3.8) is 0 Å². The van der Waals surface area contributed by atoms with Crippen LogP contribution in [0.5, 0.6) is 0 Å².